The molecule has 0 bridgehead atoms. The summed E-state index contributed by atoms with van der Waals surface area (Å²) < 4.78 is 6.81. The molecule has 1 nitrogen and oxygen atoms in total. The van der Waals surface area contributed by atoms with Crippen LogP contribution in [0.3, 0.4) is 0 Å². The first-order chi connectivity index (χ1) is 13.5. The fourth-order valence-electron chi connectivity index (χ4n) is 4.36. The Morgan fingerprint density at radius 3 is 2.43 bits per heavy atom. The molecule has 2 aromatic rings. The van der Waals surface area contributed by atoms with Crippen LogP contribution >= 0.6 is 0 Å². The van der Waals surface area contributed by atoms with Crippen LogP contribution in [0.15, 0.2) is 48.5 Å². The maximum atomic E-state index is 6.81. The van der Waals surface area contributed by atoms with Gasteiger partial charge in [-0.25, -0.2) is 0 Å². The summed E-state index contributed by atoms with van der Waals surface area (Å²) in [7, 11) is 0. The van der Waals surface area contributed by atoms with Gasteiger partial charge >= 0.3 is 0 Å². The molecule has 0 radical (unpaired) electrons. The Morgan fingerprint density at radius 1 is 1.04 bits per heavy atom. The second-order valence-electron chi connectivity index (χ2n) is 8.76. The van der Waals surface area contributed by atoms with E-state index in [2.05, 4.69) is 82.3 Å². The van der Waals surface area contributed by atoms with Crippen LogP contribution in [0, 0.1) is 13.8 Å². The predicted octanol–water partition coefficient (Wildman–Crippen LogP) is 8.00. The smallest absolute Gasteiger partial charge is 0.126 e. The molecular formula is C27H36O. The van der Waals surface area contributed by atoms with Gasteiger partial charge < -0.3 is 4.74 Å². The zero-order valence-corrected chi connectivity index (χ0v) is 18.1. The summed E-state index contributed by atoms with van der Waals surface area (Å²) >= 11 is 0. The molecule has 1 atom stereocenters. The molecule has 0 saturated heterocycles. The van der Waals surface area contributed by atoms with E-state index in [4.69, 9.17) is 4.74 Å². The Morgan fingerprint density at radius 2 is 1.75 bits per heavy atom. The Labute approximate surface area is 171 Å². The van der Waals surface area contributed by atoms with E-state index < -0.39 is 0 Å². The Kier molecular flexibility index (Phi) is 6.99. The van der Waals surface area contributed by atoms with Crippen LogP contribution in [0.25, 0.3) is 6.08 Å². The van der Waals surface area contributed by atoms with Crippen LogP contribution in [-0.4, -0.2) is 5.60 Å². The maximum Gasteiger partial charge on any atom is 0.126 e. The molecule has 150 valence electrons. The number of rotatable bonds is 7. The first-order valence-electron chi connectivity index (χ1n) is 11.0. The predicted molar refractivity (Wildman–Crippen MR) is 121 cm³/mol. The highest BCUT2D eigenvalue weighted by atomic mass is 16.5. The van der Waals surface area contributed by atoms with Crippen molar-refractivity contribution in [1.29, 1.82) is 0 Å². The third kappa shape index (κ3) is 5.28. The number of hydrogen-bond donors (Lipinski definition) is 0. The van der Waals surface area contributed by atoms with Crippen molar-refractivity contribution in [3.63, 3.8) is 0 Å². The standard InChI is InChI=1S/C27H36O/c1-5-27(4,18-12-15-23-13-8-6-9-14-23)28-26-22(3)19-21(2)20-25(26)24-16-10-7-11-17-24/h6,8-9,12-15,19-20,24H,5,7,10-11,16-18H2,1-4H3/b15-12+. The fraction of sp³-hybridized carbons (Fsp3) is 0.481. The summed E-state index contributed by atoms with van der Waals surface area (Å²) in [4.78, 5) is 0. The second kappa shape index (κ2) is 9.45. The number of benzene rings is 2. The lowest BCUT2D eigenvalue weighted by Crippen LogP contribution is -2.31. The highest BCUT2D eigenvalue weighted by Gasteiger charge is 2.27. The minimum atomic E-state index is -0.186. The number of ether oxygens (including phenoxy) is 1. The van der Waals surface area contributed by atoms with Gasteiger partial charge in [-0.15, -0.1) is 0 Å². The number of aryl methyl sites for hydroxylation is 2. The molecule has 1 fully saturated rings. The molecular weight excluding hydrogens is 340 g/mol. The van der Waals surface area contributed by atoms with E-state index in [1.165, 1.54) is 54.4 Å². The highest BCUT2D eigenvalue weighted by Crippen LogP contribution is 2.41. The van der Waals surface area contributed by atoms with Crippen molar-refractivity contribution in [2.45, 2.75) is 84.2 Å². The topological polar surface area (TPSA) is 9.23 Å². The molecule has 0 aromatic heterocycles. The molecule has 1 saturated carbocycles. The number of hydrogen-bond acceptors (Lipinski definition) is 1. The molecule has 0 spiro atoms. The van der Waals surface area contributed by atoms with E-state index in [0.717, 1.165) is 18.6 Å². The molecule has 28 heavy (non-hydrogen) atoms. The van der Waals surface area contributed by atoms with Gasteiger partial charge in [-0.3, -0.25) is 0 Å². The van der Waals surface area contributed by atoms with Crippen LogP contribution < -0.4 is 4.74 Å². The fourth-order valence-corrected chi connectivity index (χ4v) is 4.36. The molecule has 0 heterocycles. The summed E-state index contributed by atoms with van der Waals surface area (Å²) in [6.07, 6.45) is 13.1. The average molecular weight is 377 g/mol. The maximum absolute atomic E-state index is 6.81. The van der Waals surface area contributed by atoms with Gasteiger partial charge in [0.1, 0.15) is 11.4 Å². The molecule has 1 heteroatoms. The molecule has 1 unspecified atom stereocenters. The van der Waals surface area contributed by atoms with Crippen molar-refractivity contribution < 1.29 is 4.74 Å². The average Bonchev–Trinajstić information content (AvgIpc) is 2.71. The summed E-state index contributed by atoms with van der Waals surface area (Å²) in [5, 5.41) is 0. The summed E-state index contributed by atoms with van der Waals surface area (Å²) in [5.74, 6) is 1.80. The molecule has 0 aliphatic heterocycles. The van der Waals surface area contributed by atoms with Crippen LogP contribution in [0.2, 0.25) is 0 Å². The van der Waals surface area contributed by atoms with Crippen LogP contribution in [0.1, 0.15) is 87.0 Å². The van der Waals surface area contributed by atoms with Gasteiger partial charge in [0.15, 0.2) is 0 Å². The van der Waals surface area contributed by atoms with E-state index in [1.54, 1.807) is 0 Å². The lowest BCUT2D eigenvalue weighted by molar-refractivity contribution is 0.0848. The van der Waals surface area contributed by atoms with E-state index in [9.17, 15) is 0 Å². The van der Waals surface area contributed by atoms with E-state index in [-0.39, 0.29) is 5.60 Å². The normalized spacial score (nSPS) is 17.6. The second-order valence-corrected chi connectivity index (χ2v) is 8.76. The van der Waals surface area contributed by atoms with E-state index >= 15 is 0 Å². The van der Waals surface area contributed by atoms with Gasteiger partial charge in [-0.05, 0) is 62.6 Å². The Bertz CT molecular complexity index is 783. The quantitative estimate of drug-likeness (QED) is 0.475. The highest BCUT2D eigenvalue weighted by molar-refractivity contribution is 5.49. The largest absolute Gasteiger partial charge is 0.487 e. The van der Waals surface area contributed by atoms with E-state index in [0.29, 0.717) is 5.92 Å². The van der Waals surface area contributed by atoms with Crippen LogP contribution in [0.5, 0.6) is 5.75 Å². The third-order valence-corrected chi connectivity index (χ3v) is 6.25. The summed E-state index contributed by atoms with van der Waals surface area (Å²) in [6.45, 7) is 8.92. The minimum absolute atomic E-state index is 0.186. The van der Waals surface area contributed by atoms with Gasteiger partial charge in [-0.2, -0.15) is 0 Å². The molecule has 1 aliphatic carbocycles. The SMILES string of the molecule is CCC(C)(C/C=C/c1ccccc1)Oc1c(C)cc(C)cc1C1CCCCC1. The minimum Gasteiger partial charge on any atom is -0.487 e. The lowest BCUT2D eigenvalue weighted by atomic mass is 9.82. The molecule has 2 aromatic carbocycles. The molecule has 0 amide bonds. The van der Waals surface area contributed by atoms with Gasteiger partial charge in [-0.1, -0.05) is 86.4 Å². The monoisotopic (exact) mass is 376 g/mol. The van der Waals surface area contributed by atoms with Crippen molar-refractivity contribution in [3.8, 4) is 5.75 Å². The van der Waals surface area contributed by atoms with Gasteiger partial charge in [0, 0.05) is 6.42 Å². The summed E-state index contributed by atoms with van der Waals surface area (Å²) in [6, 6.07) is 15.2. The Hall–Kier alpha value is -2.02. The van der Waals surface area contributed by atoms with Crippen molar-refractivity contribution >= 4 is 6.08 Å². The van der Waals surface area contributed by atoms with E-state index in [1.807, 2.05) is 0 Å². The van der Waals surface area contributed by atoms with Gasteiger partial charge in [0.05, 0.1) is 0 Å². The first kappa shape index (κ1) is 20.7. The first-order valence-corrected chi connectivity index (χ1v) is 11.0. The third-order valence-electron chi connectivity index (χ3n) is 6.25. The lowest BCUT2D eigenvalue weighted by Gasteiger charge is -2.33. The molecule has 1 aliphatic rings. The molecule has 3 rings (SSSR count). The van der Waals surface area contributed by atoms with Crippen molar-refractivity contribution in [1.82, 2.24) is 0 Å². The van der Waals surface area contributed by atoms with Crippen LogP contribution in [-0.2, 0) is 0 Å². The zero-order chi connectivity index (χ0) is 20.0. The van der Waals surface area contributed by atoms with Crippen molar-refractivity contribution in [2.75, 3.05) is 0 Å². The van der Waals surface area contributed by atoms with Crippen molar-refractivity contribution in [2.24, 2.45) is 0 Å². The van der Waals surface area contributed by atoms with Crippen molar-refractivity contribution in [3.05, 3.63) is 70.8 Å². The Balaban J connectivity index is 1.82. The molecule has 0 N–H and O–H groups in total. The van der Waals surface area contributed by atoms with Gasteiger partial charge in [0.25, 0.3) is 0 Å². The van der Waals surface area contributed by atoms with Crippen LogP contribution in [0.4, 0.5) is 0 Å². The summed E-state index contributed by atoms with van der Waals surface area (Å²) in [5.41, 5.74) is 5.15. The van der Waals surface area contributed by atoms with Gasteiger partial charge in [0.2, 0.25) is 0 Å². The zero-order valence-electron chi connectivity index (χ0n) is 18.1.